The molecule has 8 nitrogen and oxygen atoms in total. The number of benzene rings is 3. The lowest BCUT2D eigenvalue weighted by Gasteiger charge is -2.17. The minimum absolute atomic E-state index is 0.0433. The van der Waals surface area contributed by atoms with Gasteiger partial charge in [-0.1, -0.05) is 24.3 Å². The summed E-state index contributed by atoms with van der Waals surface area (Å²) in [7, 11) is 0. The van der Waals surface area contributed by atoms with E-state index in [0.717, 1.165) is 42.6 Å². The number of hydrogen-bond acceptors (Lipinski definition) is 6. The van der Waals surface area contributed by atoms with Gasteiger partial charge in [0.25, 0.3) is 11.6 Å². The Bertz CT molecular complexity index is 1290. The van der Waals surface area contributed by atoms with Crippen molar-refractivity contribution >= 4 is 34.1 Å². The number of nitrogens with one attached hydrogen (secondary N) is 1. The third kappa shape index (κ3) is 4.41. The number of para-hydroxylation sites is 2. The molecule has 0 bridgehead atoms. The van der Waals surface area contributed by atoms with Crippen molar-refractivity contribution in [3.05, 3.63) is 93.9 Å². The maximum Gasteiger partial charge on any atom is 0.293 e. The number of oxazole rings is 1. The fourth-order valence-electron chi connectivity index (χ4n) is 4.12. The molecule has 8 heteroatoms. The van der Waals surface area contributed by atoms with Gasteiger partial charge in [-0.2, -0.15) is 0 Å². The maximum atomic E-state index is 12.7. The lowest BCUT2D eigenvalue weighted by Crippen LogP contribution is -2.19. The normalized spacial score (nSPS) is 13.4. The molecule has 0 atom stereocenters. The summed E-state index contributed by atoms with van der Waals surface area (Å²) < 4.78 is 5.76. The number of carbonyl (C=O) groups is 1. The molecular formula is C25H22N4O4. The zero-order chi connectivity index (χ0) is 22.8. The molecule has 166 valence electrons. The molecule has 1 aliphatic heterocycles. The Morgan fingerprint density at radius 1 is 1.06 bits per heavy atom. The predicted molar refractivity (Wildman–Crippen MR) is 126 cm³/mol. The van der Waals surface area contributed by atoms with Gasteiger partial charge in [0.05, 0.1) is 4.92 Å². The van der Waals surface area contributed by atoms with Crippen LogP contribution in [0.3, 0.4) is 0 Å². The molecular weight excluding hydrogens is 420 g/mol. The van der Waals surface area contributed by atoms with E-state index in [9.17, 15) is 14.9 Å². The molecule has 1 fully saturated rings. The first-order chi connectivity index (χ1) is 16.1. The van der Waals surface area contributed by atoms with Gasteiger partial charge in [0.1, 0.15) is 11.2 Å². The van der Waals surface area contributed by atoms with Crippen molar-refractivity contribution in [1.29, 1.82) is 0 Å². The molecule has 33 heavy (non-hydrogen) atoms. The number of amides is 1. The number of hydrogen-bond donors (Lipinski definition) is 1. The molecule has 1 saturated heterocycles. The Kier molecular flexibility index (Phi) is 5.48. The second kappa shape index (κ2) is 8.74. The van der Waals surface area contributed by atoms with Crippen molar-refractivity contribution in [2.75, 3.05) is 23.3 Å². The summed E-state index contributed by atoms with van der Waals surface area (Å²) in [5, 5.41) is 14.4. The molecule has 1 aromatic heterocycles. The molecule has 5 rings (SSSR count). The first kappa shape index (κ1) is 20.7. The number of nitro groups is 1. The molecule has 0 aliphatic carbocycles. The predicted octanol–water partition coefficient (Wildman–Crippen LogP) is 5.18. The second-order valence-electron chi connectivity index (χ2n) is 8.06. The number of nitro benzene ring substituents is 1. The average molecular weight is 442 g/mol. The van der Waals surface area contributed by atoms with Crippen LogP contribution in [-0.2, 0) is 6.42 Å². The van der Waals surface area contributed by atoms with Crippen molar-refractivity contribution in [1.82, 2.24) is 4.98 Å². The lowest BCUT2D eigenvalue weighted by atomic mass is 10.1. The van der Waals surface area contributed by atoms with E-state index in [1.807, 2.05) is 41.3 Å². The van der Waals surface area contributed by atoms with Crippen LogP contribution in [0.25, 0.3) is 11.1 Å². The Morgan fingerprint density at radius 2 is 1.82 bits per heavy atom. The SMILES string of the molecule is O=C(Nc1ccc(Cc2nc3ccccc3o2)cc1)c1ccc(N2CCCC2)c([N+](=O)[O-])c1. The Balaban J connectivity index is 1.28. The summed E-state index contributed by atoms with van der Waals surface area (Å²) in [6.45, 7) is 1.59. The zero-order valence-corrected chi connectivity index (χ0v) is 17.9. The molecule has 0 unspecified atom stereocenters. The van der Waals surface area contributed by atoms with Crippen LogP contribution in [0.5, 0.6) is 0 Å². The van der Waals surface area contributed by atoms with Gasteiger partial charge in [-0.3, -0.25) is 14.9 Å². The second-order valence-corrected chi connectivity index (χ2v) is 8.06. The van der Waals surface area contributed by atoms with Crippen LogP contribution in [-0.4, -0.2) is 28.9 Å². The van der Waals surface area contributed by atoms with Crippen LogP contribution in [0, 0.1) is 10.1 Å². The van der Waals surface area contributed by atoms with Crippen molar-refractivity contribution in [3.8, 4) is 0 Å². The van der Waals surface area contributed by atoms with Crippen LogP contribution < -0.4 is 10.2 Å². The molecule has 0 spiro atoms. The number of rotatable bonds is 6. The van der Waals surface area contributed by atoms with Crippen molar-refractivity contribution < 1.29 is 14.1 Å². The van der Waals surface area contributed by atoms with Crippen LogP contribution in [0.1, 0.15) is 34.7 Å². The fraction of sp³-hybridized carbons (Fsp3) is 0.200. The van der Waals surface area contributed by atoms with Crippen molar-refractivity contribution in [3.63, 3.8) is 0 Å². The Labute approximate surface area is 190 Å². The van der Waals surface area contributed by atoms with Crippen molar-refractivity contribution in [2.24, 2.45) is 0 Å². The number of aromatic nitrogens is 1. The van der Waals surface area contributed by atoms with Gasteiger partial charge in [0.15, 0.2) is 11.5 Å². The third-order valence-corrected chi connectivity index (χ3v) is 5.79. The van der Waals surface area contributed by atoms with Crippen molar-refractivity contribution in [2.45, 2.75) is 19.3 Å². The highest BCUT2D eigenvalue weighted by molar-refractivity contribution is 6.05. The highest BCUT2D eigenvalue weighted by Gasteiger charge is 2.24. The monoisotopic (exact) mass is 442 g/mol. The average Bonchev–Trinajstić information content (AvgIpc) is 3.49. The van der Waals surface area contributed by atoms with Gasteiger partial charge < -0.3 is 14.6 Å². The van der Waals surface area contributed by atoms with Crippen LogP contribution in [0.2, 0.25) is 0 Å². The summed E-state index contributed by atoms with van der Waals surface area (Å²) in [5.41, 5.74) is 3.94. The topological polar surface area (TPSA) is 102 Å². The Hall–Kier alpha value is -4.20. The van der Waals surface area contributed by atoms with Gasteiger partial charge in [-0.05, 0) is 54.8 Å². The number of fused-ring (bicyclic) bond motifs is 1. The Morgan fingerprint density at radius 3 is 2.55 bits per heavy atom. The molecule has 2 heterocycles. The van der Waals surface area contributed by atoms with Gasteiger partial charge in [0, 0.05) is 36.8 Å². The quantitative estimate of drug-likeness (QED) is 0.326. The summed E-state index contributed by atoms with van der Waals surface area (Å²) in [6, 6.07) is 19.6. The summed E-state index contributed by atoms with van der Waals surface area (Å²) in [6.07, 6.45) is 2.57. The van der Waals surface area contributed by atoms with E-state index in [-0.39, 0.29) is 11.3 Å². The maximum absolute atomic E-state index is 12.7. The third-order valence-electron chi connectivity index (χ3n) is 5.79. The van der Waals surface area contributed by atoms with Gasteiger partial charge in [-0.25, -0.2) is 4.98 Å². The highest BCUT2D eigenvalue weighted by atomic mass is 16.6. The van der Waals surface area contributed by atoms with E-state index in [2.05, 4.69) is 10.3 Å². The summed E-state index contributed by atoms with van der Waals surface area (Å²) >= 11 is 0. The zero-order valence-electron chi connectivity index (χ0n) is 17.9. The molecule has 1 aliphatic rings. The molecule has 1 N–H and O–H groups in total. The summed E-state index contributed by atoms with van der Waals surface area (Å²) in [4.78, 5) is 30.4. The van der Waals surface area contributed by atoms with Crippen LogP contribution in [0.15, 0.2) is 71.1 Å². The summed E-state index contributed by atoms with van der Waals surface area (Å²) in [5.74, 6) is 0.233. The van der Waals surface area contributed by atoms with Gasteiger partial charge in [-0.15, -0.1) is 0 Å². The lowest BCUT2D eigenvalue weighted by molar-refractivity contribution is -0.384. The first-order valence-electron chi connectivity index (χ1n) is 10.8. The van der Waals surface area contributed by atoms with E-state index in [0.29, 0.717) is 23.7 Å². The number of carbonyl (C=O) groups excluding carboxylic acids is 1. The molecule has 4 aromatic rings. The molecule has 1 amide bonds. The largest absolute Gasteiger partial charge is 0.440 e. The van der Waals surface area contributed by atoms with E-state index < -0.39 is 10.8 Å². The molecule has 3 aromatic carbocycles. The fourth-order valence-corrected chi connectivity index (χ4v) is 4.12. The molecule has 0 radical (unpaired) electrons. The van der Waals surface area contributed by atoms with E-state index in [1.165, 1.54) is 6.07 Å². The number of nitrogens with zero attached hydrogens (tertiary/aromatic N) is 3. The minimum Gasteiger partial charge on any atom is -0.440 e. The van der Waals surface area contributed by atoms with Crippen LogP contribution >= 0.6 is 0 Å². The standard InChI is InChI=1S/C25H22N4O4/c30-25(18-9-12-21(22(16-18)29(31)32)28-13-3-4-14-28)26-19-10-7-17(8-11-19)15-24-27-20-5-1-2-6-23(20)33-24/h1-2,5-12,16H,3-4,13-15H2,(H,26,30). The first-order valence-corrected chi connectivity index (χ1v) is 10.8. The van der Waals surface area contributed by atoms with Gasteiger partial charge in [0.2, 0.25) is 0 Å². The minimum atomic E-state index is -0.425. The smallest absolute Gasteiger partial charge is 0.293 e. The molecule has 0 saturated carbocycles. The van der Waals surface area contributed by atoms with Crippen LogP contribution in [0.4, 0.5) is 17.1 Å². The van der Waals surface area contributed by atoms with E-state index in [4.69, 9.17) is 4.42 Å². The highest BCUT2D eigenvalue weighted by Crippen LogP contribution is 2.32. The van der Waals surface area contributed by atoms with E-state index in [1.54, 1.807) is 24.3 Å². The van der Waals surface area contributed by atoms with Gasteiger partial charge >= 0.3 is 0 Å². The number of anilines is 2. The van der Waals surface area contributed by atoms with E-state index >= 15 is 0 Å².